The highest BCUT2D eigenvalue weighted by molar-refractivity contribution is 6.18. The van der Waals surface area contributed by atoms with E-state index in [-0.39, 0.29) is 5.88 Å². The molecule has 2 aliphatic rings. The van der Waals surface area contributed by atoms with Gasteiger partial charge in [-0.05, 0) is 18.2 Å². The van der Waals surface area contributed by atoms with Gasteiger partial charge in [0.05, 0.1) is 19.1 Å². The summed E-state index contributed by atoms with van der Waals surface area (Å²) in [6.07, 6.45) is 0. The standard InChI is InChI=1S/C12H13ClO4/c13-8-12(16-5-6-17-12)9-1-2-10-11(7-9)15-4-3-14-10/h1-2,7H,3-6,8H2. The number of hydrogen-bond acceptors (Lipinski definition) is 4. The first-order chi connectivity index (χ1) is 8.34. The van der Waals surface area contributed by atoms with Crippen molar-refractivity contribution in [2.24, 2.45) is 0 Å². The summed E-state index contributed by atoms with van der Waals surface area (Å²) in [6.45, 7) is 2.26. The van der Waals surface area contributed by atoms with Gasteiger partial charge in [-0.2, -0.15) is 0 Å². The molecule has 1 aromatic carbocycles. The van der Waals surface area contributed by atoms with E-state index in [0.717, 1.165) is 17.1 Å². The first kappa shape index (κ1) is 11.1. The second-order valence-corrected chi connectivity index (χ2v) is 4.21. The fourth-order valence-corrected chi connectivity index (χ4v) is 2.36. The number of benzene rings is 1. The van der Waals surface area contributed by atoms with E-state index in [2.05, 4.69) is 0 Å². The van der Waals surface area contributed by atoms with E-state index < -0.39 is 5.79 Å². The van der Waals surface area contributed by atoms with Gasteiger partial charge in [0.2, 0.25) is 5.79 Å². The van der Waals surface area contributed by atoms with Crippen LogP contribution in [0.25, 0.3) is 0 Å². The van der Waals surface area contributed by atoms with Gasteiger partial charge in [0, 0.05) is 5.56 Å². The van der Waals surface area contributed by atoms with Crippen molar-refractivity contribution in [2.75, 3.05) is 32.3 Å². The Morgan fingerprint density at radius 1 is 1.00 bits per heavy atom. The number of alkyl halides is 1. The highest BCUT2D eigenvalue weighted by Crippen LogP contribution is 2.38. The molecule has 1 aromatic rings. The third kappa shape index (κ3) is 1.86. The van der Waals surface area contributed by atoms with Gasteiger partial charge in [-0.15, -0.1) is 11.6 Å². The lowest BCUT2D eigenvalue weighted by Gasteiger charge is -2.27. The lowest BCUT2D eigenvalue weighted by molar-refractivity contribution is -0.146. The molecule has 1 fully saturated rings. The fraction of sp³-hybridized carbons (Fsp3) is 0.500. The summed E-state index contributed by atoms with van der Waals surface area (Å²) in [7, 11) is 0. The second-order valence-electron chi connectivity index (χ2n) is 3.94. The first-order valence-corrected chi connectivity index (χ1v) is 6.11. The van der Waals surface area contributed by atoms with Crippen molar-refractivity contribution in [1.82, 2.24) is 0 Å². The third-order valence-corrected chi connectivity index (χ3v) is 3.26. The molecule has 5 heteroatoms. The van der Waals surface area contributed by atoms with Crippen molar-refractivity contribution in [3.8, 4) is 11.5 Å². The summed E-state index contributed by atoms with van der Waals surface area (Å²) >= 11 is 5.96. The molecular formula is C12H13ClO4. The molecule has 0 bridgehead atoms. The van der Waals surface area contributed by atoms with Gasteiger partial charge in [0.1, 0.15) is 13.2 Å². The van der Waals surface area contributed by atoms with Crippen molar-refractivity contribution < 1.29 is 18.9 Å². The maximum absolute atomic E-state index is 5.96. The summed E-state index contributed by atoms with van der Waals surface area (Å²) in [6, 6.07) is 5.65. The predicted octanol–water partition coefficient (Wildman–Crippen LogP) is 1.90. The van der Waals surface area contributed by atoms with Crippen LogP contribution in [0.5, 0.6) is 11.5 Å². The van der Waals surface area contributed by atoms with Gasteiger partial charge in [-0.1, -0.05) is 0 Å². The van der Waals surface area contributed by atoms with Gasteiger partial charge in [-0.3, -0.25) is 0 Å². The van der Waals surface area contributed by atoms with Gasteiger partial charge >= 0.3 is 0 Å². The molecule has 2 aliphatic heterocycles. The number of hydrogen-bond donors (Lipinski definition) is 0. The minimum Gasteiger partial charge on any atom is -0.486 e. The van der Waals surface area contributed by atoms with E-state index in [0.29, 0.717) is 26.4 Å². The molecule has 17 heavy (non-hydrogen) atoms. The van der Waals surface area contributed by atoms with Crippen molar-refractivity contribution in [2.45, 2.75) is 5.79 Å². The molecule has 0 N–H and O–H groups in total. The summed E-state index contributed by atoms with van der Waals surface area (Å²) in [4.78, 5) is 0. The van der Waals surface area contributed by atoms with Crippen LogP contribution < -0.4 is 9.47 Å². The van der Waals surface area contributed by atoms with E-state index in [4.69, 9.17) is 30.5 Å². The largest absolute Gasteiger partial charge is 0.486 e. The average Bonchev–Trinajstić information content (AvgIpc) is 2.88. The maximum atomic E-state index is 5.96. The Balaban J connectivity index is 1.97. The van der Waals surface area contributed by atoms with Gasteiger partial charge in [0.15, 0.2) is 11.5 Å². The Morgan fingerprint density at radius 2 is 1.71 bits per heavy atom. The third-order valence-electron chi connectivity index (χ3n) is 2.91. The Bertz CT molecular complexity index is 415. The monoisotopic (exact) mass is 256 g/mol. The molecule has 3 rings (SSSR count). The van der Waals surface area contributed by atoms with Crippen LogP contribution in [0, 0.1) is 0 Å². The predicted molar refractivity (Wildman–Crippen MR) is 61.7 cm³/mol. The zero-order chi connectivity index (χ0) is 11.7. The highest BCUT2D eigenvalue weighted by atomic mass is 35.5. The fourth-order valence-electron chi connectivity index (χ4n) is 2.06. The quantitative estimate of drug-likeness (QED) is 0.758. The molecule has 0 unspecified atom stereocenters. The van der Waals surface area contributed by atoms with Gasteiger partial charge in [0.25, 0.3) is 0 Å². The van der Waals surface area contributed by atoms with Crippen molar-refractivity contribution in [3.05, 3.63) is 23.8 Å². The minimum absolute atomic E-state index is 0.257. The highest BCUT2D eigenvalue weighted by Gasteiger charge is 2.38. The number of halogens is 1. The zero-order valence-corrected chi connectivity index (χ0v) is 10.0. The Morgan fingerprint density at radius 3 is 2.41 bits per heavy atom. The number of ether oxygens (including phenoxy) is 4. The molecule has 1 saturated heterocycles. The molecular weight excluding hydrogens is 244 g/mol. The average molecular weight is 257 g/mol. The number of fused-ring (bicyclic) bond motifs is 1. The van der Waals surface area contributed by atoms with Crippen molar-refractivity contribution in [3.63, 3.8) is 0 Å². The van der Waals surface area contributed by atoms with E-state index in [1.54, 1.807) is 0 Å². The molecule has 0 radical (unpaired) electrons. The van der Waals surface area contributed by atoms with Gasteiger partial charge in [-0.25, -0.2) is 0 Å². The lowest BCUT2D eigenvalue weighted by Crippen LogP contribution is -2.29. The van der Waals surface area contributed by atoms with Crippen LogP contribution in [-0.4, -0.2) is 32.3 Å². The molecule has 4 nitrogen and oxygen atoms in total. The summed E-state index contributed by atoms with van der Waals surface area (Å²) in [5.74, 6) is 0.893. The van der Waals surface area contributed by atoms with Crippen LogP contribution in [0.4, 0.5) is 0 Å². The molecule has 0 atom stereocenters. The van der Waals surface area contributed by atoms with E-state index in [1.165, 1.54) is 0 Å². The topological polar surface area (TPSA) is 36.9 Å². The molecule has 0 aliphatic carbocycles. The van der Waals surface area contributed by atoms with E-state index in [9.17, 15) is 0 Å². The maximum Gasteiger partial charge on any atom is 0.209 e. The normalized spacial score (nSPS) is 21.5. The first-order valence-electron chi connectivity index (χ1n) is 5.58. The van der Waals surface area contributed by atoms with Crippen LogP contribution in [0.15, 0.2) is 18.2 Å². The smallest absolute Gasteiger partial charge is 0.209 e. The van der Waals surface area contributed by atoms with E-state index >= 15 is 0 Å². The Hall–Kier alpha value is -0.970. The Kier molecular flexibility index (Phi) is 2.86. The molecule has 2 heterocycles. The summed E-state index contributed by atoms with van der Waals surface area (Å²) in [5.41, 5.74) is 0.870. The summed E-state index contributed by atoms with van der Waals surface area (Å²) < 4.78 is 22.2. The van der Waals surface area contributed by atoms with Crippen LogP contribution in [0.1, 0.15) is 5.56 Å². The van der Waals surface area contributed by atoms with Crippen molar-refractivity contribution >= 4 is 11.6 Å². The molecule has 0 amide bonds. The minimum atomic E-state index is -0.836. The second kappa shape index (κ2) is 4.37. The molecule has 0 spiro atoms. The lowest BCUT2D eigenvalue weighted by atomic mass is 10.1. The Labute approximate surface area is 104 Å². The van der Waals surface area contributed by atoms with Crippen LogP contribution in [-0.2, 0) is 15.3 Å². The summed E-state index contributed by atoms with van der Waals surface area (Å²) in [5, 5.41) is 0. The number of rotatable bonds is 2. The van der Waals surface area contributed by atoms with Gasteiger partial charge < -0.3 is 18.9 Å². The van der Waals surface area contributed by atoms with E-state index in [1.807, 2.05) is 18.2 Å². The van der Waals surface area contributed by atoms with Crippen LogP contribution >= 0.6 is 11.6 Å². The molecule has 0 aromatic heterocycles. The zero-order valence-electron chi connectivity index (χ0n) is 9.28. The SMILES string of the molecule is ClCC1(c2ccc3c(c2)OCCO3)OCCO1. The van der Waals surface area contributed by atoms with Crippen molar-refractivity contribution in [1.29, 1.82) is 0 Å². The van der Waals surface area contributed by atoms with Crippen LogP contribution in [0.2, 0.25) is 0 Å². The van der Waals surface area contributed by atoms with Crippen LogP contribution in [0.3, 0.4) is 0 Å². The molecule has 0 saturated carbocycles. The molecule has 92 valence electrons.